The minimum Gasteiger partial charge on any atom is -0.480 e. The van der Waals surface area contributed by atoms with Crippen LogP contribution in [0.2, 0.25) is 0 Å². The molecule has 3 N–H and O–H groups in total. The molecule has 1 unspecified atom stereocenters. The van der Waals surface area contributed by atoms with Gasteiger partial charge in [-0.3, -0.25) is 0 Å². The first kappa shape index (κ1) is 15.1. The standard InChI is InChI=1S/C13H13BrN2O3/c1-2-5-11(12(17)18)16-13(19)15-8-9-6-3-4-7-10(9)14/h1,3-4,6-7,11H,5,8H2,(H,17,18)(H2,15,16,19). The fourth-order valence-electron chi connectivity index (χ4n) is 1.34. The number of amides is 2. The van der Waals surface area contributed by atoms with Crippen molar-refractivity contribution in [2.24, 2.45) is 0 Å². The number of carbonyl (C=O) groups is 2. The zero-order valence-electron chi connectivity index (χ0n) is 10.0. The van der Waals surface area contributed by atoms with Gasteiger partial charge in [-0.1, -0.05) is 34.1 Å². The van der Waals surface area contributed by atoms with Crippen LogP contribution in [-0.4, -0.2) is 23.1 Å². The molecule has 1 aromatic carbocycles. The lowest BCUT2D eigenvalue weighted by atomic mass is 10.2. The number of benzene rings is 1. The normalized spacial score (nSPS) is 11.2. The molecule has 0 heterocycles. The maximum absolute atomic E-state index is 11.5. The number of nitrogens with one attached hydrogen (secondary N) is 2. The lowest BCUT2D eigenvalue weighted by Crippen LogP contribution is -2.45. The van der Waals surface area contributed by atoms with Gasteiger partial charge in [0.05, 0.1) is 0 Å². The van der Waals surface area contributed by atoms with Crippen LogP contribution in [0.5, 0.6) is 0 Å². The van der Waals surface area contributed by atoms with E-state index < -0.39 is 18.0 Å². The highest BCUT2D eigenvalue weighted by Crippen LogP contribution is 2.15. The quantitative estimate of drug-likeness (QED) is 0.722. The Morgan fingerprint density at radius 3 is 2.68 bits per heavy atom. The summed E-state index contributed by atoms with van der Waals surface area (Å²) in [6, 6.07) is 5.76. The van der Waals surface area contributed by atoms with Crippen LogP contribution in [0.3, 0.4) is 0 Å². The molecule has 100 valence electrons. The smallest absolute Gasteiger partial charge is 0.327 e. The molecule has 5 nitrogen and oxygen atoms in total. The van der Waals surface area contributed by atoms with Gasteiger partial charge in [-0.25, -0.2) is 9.59 Å². The summed E-state index contributed by atoms with van der Waals surface area (Å²) in [6.45, 7) is 0.287. The molecule has 2 amide bonds. The summed E-state index contributed by atoms with van der Waals surface area (Å²) in [6.07, 6.45) is 4.98. The Balaban J connectivity index is 2.50. The predicted octanol–water partition coefficient (Wildman–Crippen LogP) is 1.72. The summed E-state index contributed by atoms with van der Waals surface area (Å²) in [5.74, 6) is 1.05. The van der Waals surface area contributed by atoms with Gasteiger partial charge < -0.3 is 15.7 Å². The molecule has 0 radical (unpaired) electrons. The van der Waals surface area contributed by atoms with Gasteiger partial charge in [0.25, 0.3) is 0 Å². The Labute approximate surface area is 119 Å². The van der Waals surface area contributed by atoms with Crippen LogP contribution in [0.1, 0.15) is 12.0 Å². The molecule has 1 rings (SSSR count). The minimum atomic E-state index is -1.16. The molecule has 0 spiro atoms. The molecular formula is C13H13BrN2O3. The van der Waals surface area contributed by atoms with Crippen molar-refractivity contribution >= 4 is 27.9 Å². The lowest BCUT2D eigenvalue weighted by Gasteiger charge is -2.13. The molecule has 0 saturated carbocycles. The van der Waals surface area contributed by atoms with Gasteiger partial charge >= 0.3 is 12.0 Å². The van der Waals surface area contributed by atoms with Crippen LogP contribution in [0.25, 0.3) is 0 Å². The summed E-state index contributed by atoms with van der Waals surface area (Å²) >= 11 is 3.35. The number of halogens is 1. The molecule has 0 aromatic heterocycles. The number of hydrogen-bond donors (Lipinski definition) is 3. The molecule has 1 aromatic rings. The average Bonchev–Trinajstić information content (AvgIpc) is 2.37. The fourth-order valence-corrected chi connectivity index (χ4v) is 1.77. The van der Waals surface area contributed by atoms with Gasteiger partial charge in [0.15, 0.2) is 0 Å². The SMILES string of the molecule is C#CCC(NC(=O)NCc1ccccc1Br)C(=O)O. The van der Waals surface area contributed by atoms with Crippen LogP contribution < -0.4 is 10.6 Å². The fraction of sp³-hybridized carbons (Fsp3) is 0.231. The third-order valence-corrected chi connectivity index (χ3v) is 3.10. The molecule has 6 heteroatoms. The Bertz CT molecular complexity index is 511. The van der Waals surface area contributed by atoms with Crippen molar-refractivity contribution in [3.05, 3.63) is 34.3 Å². The Morgan fingerprint density at radius 1 is 1.42 bits per heavy atom. The van der Waals surface area contributed by atoms with E-state index in [1.807, 2.05) is 24.3 Å². The van der Waals surface area contributed by atoms with Gasteiger partial charge in [-0.2, -0.15) is 0 Å². The van der Waals surface area contributed by atoms with Crippen LogP contribution in [0, 0.1) is 12.3 Å². The maximum atomic E-state index is 11.5. The molecule has 0 bridgehead atoms. The van der Waals surface area contributed by atoms with Crippen molar-refractivity contribution in [1.29, 1.82) is 0 Å². The number of terminal acetylenes is 1. The second-order valence-electron chi connectivity index (χ2n) is 3.72. The van der Waals surface area contributed by atoms with Crippen molar-refractivity contribution in [1.82, 2.24) is 10.6 Å². The van der Waals surface area contributed by atoms with E-state index in [1.54, 1.807) is 0 Å². The number of carboxylic acid groups (broad SMARTS) is 1. The topological polar surface area (TPSA) is 78.4 Å². The average molecular weight is 325 g/mol. The predicted molar refractivity (Wildman–Crippen MR) is 74.4 cm³/mol. The number of urea groups is 1. The van der Waals surface area contributed by atoms with Gasteiger partial charge in [0.2, 0.25) is 0 Å². The second-order valence-corrected chi connectivity index (χ2v) is 4.57. The number of rotatable bonds is 5. The van der Waals surface area contributed by atoms with Gasteiger partial charge in [0.1, 0.15) is 6.04 Å². The van der Waals surface area contributed by atoms with E-state index in [9.17, 15) is 9.59 Å². The van der Waals surface area contributed by atoms with E-state index in [4.69, 9.17) is 11.5 Å². The van der Waals surface area contributed by atoms with Crippen molar-refractivity contribution in [2.45, 2.75) is 19.0 Å². The largest absolute Gasteiger partial charge is 0.480 e. The minimum absolute atomic E-state index is 0.0578. The van der Waals surface area contributed by atoms with E-state index >= 15 is 0 Å². The third kappa shape index (κ3) is 5.02. The maximum Gasteiger partial charge on any atom is 0.327 e. The van der Waals surface area contributed by atoms with E-state index in [2.05, 4.69) is 32.5 Å². The second kappa shape index (κ2) is 7.44. The summed E-state index contributed by atoms with van der Waals surface area (Å²) in [7, 11) is 0. The highest BCUT2D eigenvalue weighted by atomic mass is 79.9. The van der Waals surface area contributed by atoms with E-state index in [0.29, 0.717) is 0 Å². The van der Waals surface area contributed by atoms with Gasteiger partial charge in [-0.15, -0.1) is 12.3 Å². The highest BCUT2D eigenvalue weighted by molar-refractivity contribution is 9.10. The molecule has 0 saturated heterocycles. The summed E-state index contributed by atoms with van der Waals surface area (Å²) < 4.78 is 0.869. The Morgan fingerprint density at radius 2 is 2.11 bits per heavy atom. The van der Waals surface area contributed by atoms with Crippen molar-refractivity contribution in [3.63, 3.8) is 0 Å². The Hall–Kier alpha value is -2.00. The first-order valence-corrected chi connectivity index (χ1v) is 6.28. The number of carbonyl (C=O) groups excluding carboxylic acids is 1. The molecular weight excluding hydrogens is 312 g/mol. The van der Waals surface area contributed by atoms with Crippen molar-refractivity contribution < 1.29 is 14.7 Å². The molecule has 0 aliphatic heterocycles. The van der Waals surface area contributed by atoms with Crippen molar-refractivity contribution in [2.75, 3.05) is 0 Å². The monoisotopic (exact) mass is 324 g/mol. The zero-order valence-corrected chi connectivity index (χ0v) is 11.6. The number of hydrogen-bond acceptors (Lipinski definition) is 2. The zero-order chi connectivity index (χ0) is 14.3. The first-order chi connectivity index (χ1) is 9.04. The molecule has 19 heavy (non-hydrogen) atoms. The molecule has 0 aliphatic carbocycles. The van der Waals surface area contributed by atoms with Gasteiger partial charge in [0, 0.05) is 17.4 Å². The number of carboxylic acids is 1. The van der Waals surface area contributed by atoms with E-state index in [1.165, 1.54) is 0 Å². The molecule has 1 atom stereocenters. The summed E-state index contributed by atoms with van der Waals surface area (Å²) in [5, 5.41) is 13.7. The highest BCUT2D eigenvalue weighted by Gasteiger charge is 2.18. The Kier molecular flexibility index (Phi) is 5.90. The summed E-state index contributed by atoms with van der Waals surface area (Å²) in [4.78, 5) is 22.4. The van der Waals surface area contributed by atoms with E-state index in [0.717, 1.165) is 10.0 Å². The first-order valence-electron chi connectivity index (χ1n) is 5.48. The number of aliphatic carboxylic acids is 1. The van der Waals surface area contributed by atoms with Crippen LogP contribution in [-0.2, 0) is 11.3 Å². The van der Waals surface area contributed by atoms with Crippen LogP contribution in [0.4, 0.5) is 4.79 Å². The lowest BCUT2D eigenvalue weighted by molar-refractivity contribution is -0.139. The van der Waals surface area contributed by atoms with Crippen LogP contribution >= 0.6 is 15.9 Å². The van der Waals surface area contributed by atoms with Crippen molar-refractivity contribution in [3.8, 4) is 12.3 Å². The third-order valence-electron chi connectivity index (χ3n) is 2.32. The van der Waals surface area contributed by atoms with Gasteiger partial charge in [-0.05, 0) is 11.6 Å². The molecule has 0 aliphatic rings. The van der Waals surface area contributed by atoms with E-state index in [-0.39, 0.29) is 13.0 Å². The summed E-state index contributed by atoms with van der Waals surface area (Å²) in [5.41, 5.74) is 0.890. The van der Waals surface area contributed by atoms with Crippen LogP contribution in [0.15, 0.2) is 28.7 Å². The molecule has 0 fully saturated rings.